The number of isocyanates is 3. The third-order valence-electron chi connectivity index (χ3n) is 19.6. The number of nitrogens with zero attached hydrogens (tertiary/aromatic N) is 12. The molecule has 0 aliphatic heterocycles. The van der Waals surface area contributed by atoms with Crippen LogP contribution < -0.4 is 26.2 Å². The van der Waals surface area contributed by atoms with Crippen molar-refractivity contribution in [1.29, 1.82) is 0 Å². The maximum Gasteiger partial charge on any atom is 0.524 e. The molecule has 119 heavy (non-hydrogen) atoms. The standard InChI is InChI=1S/2C28H34N5O7P.C28H33N5O4/c1-2-3-10-24-32-25-26(33(24)17-20-8-4-9-23(27(20)35)40-41(36,37)38)21-16-19(11-12-22(21)31-28(25)29)7-5-14-39-15-6-13-30-18-34;1-2-3-10-24-32-25-26(33(24)17-20-8-4-9-23(35)27(20)40-41(36,37)38)21-16-19(11-12-22(21)31-28(25)29)7-5-14-39-15-6-13-30-18-34;1-2-3-7-25-32-26-27(33(25)17-20-16-21(35)9-11-24(20)36)22-15-19(8-10-23(22)31-28(26)29)6-4-13-37-14-5-12-30-18-34/h2*4,8-9,11-12,16,35H,2-3,5-7,10,13-15,17H2,1H3,(H2,29,31)(H2,36,37,38);8-11,15-16,35-36H,2-7,12-14,17H2,1H3,(H2,29,31). The van der Waals surface area contributed by atoms with Crippen LogP contribution in [0.25, 0.3) is 65.8 Å². The van der Waals surface area contributed by atoms with Gasteiger partial charge in [0, 0.05) is 91.8 Å². The van der Waals surface area contributed by atoms with Crippen LogP contribution in [0.2, 0.25) is 0 Å². The Morgan fingerprint density at radius 3 is 1.16 bits per heavy atom. The number of phenolic OH excluding ortho intramolecular Hbond substituents is 4. The fourth-order valence-electron chi connectivity index (χ4n) is 13.9. The first kappa shape index (κ1) is 89.8. The van der Waals surface area contributed by atoms with E-state index >= 15 is 0 Å². The molecule has 6 aromatic heterocycles. The molecule has 0 aliphatic rings. The van der Waals surface area contributed by atoms with Crippen molar-refractivity contribution in [3.8, 4) is 34.5 Å². The number of hydrogen-bond donors (Lipinski definition) is 11. The van der Waals surface area contributed by atoms with E-state index in [0.717, 1.165) is 156 Å². The van der Waals surface area contributed by atoms with Gasteiger partial charge in [0.2, 0.25) is 18.2 Å². The molecule has 0 fully saturated rings. The number of hydrogen-bond acceptors (Lipinski definition) is 26. The smallest absolute Gasteiger partial charge is 0.508 e. The first-order valence-corrected chi connectivity index (χ1v) is 42.7. The highest BCUT2D eigenvalue weighted by Crippen LogP contribution is 2.46. The summed E-state index contributed by atoms with van der Waals surface area (Å²) in [5.41, 5.74) is 30.1. The van der Waals surface area contributed by atoms with Crippen LogP contribution in [0.1, 0.15) is 149 Å². The number of pyridine rings is 3. The van der Waals surface area contributed by atoms with E-state index in [1.807, 2.05) is 39.5 Å². The van der Waals surface area contributed by atoms with Gasteiger partial charge in [-0.1, -0.05) is 82.5 Å². The molecule has 35 heteroatoms. The first-order valence-electron chi connectivity index (χ1n) is 39.6. The molecular formula is C84H101N15O18P2. The van der Waals surface area contributed by atoms with E-state index in [2.05, 4.69) is 79.5 Å². The second-order valence-corrected chi connectivity index (χ2v) is 30.8. The lowest BCUT2D eigenvalue weighted by Crippen LogP contribution is -2.08. The van der Waals surface area contributed by atoms with Crippen molar-refractivity contribution in [2.75, 3.05) is 76.5 Å². The van der Waals surface area contributed by atoms with Gasteiger partial charge >= 0.3 is 15.6 Å². The molecule has 0 saturated carbocycles. The molecule has 6 aromatic carbocycles. The van der Waals surface area contributed by atoms with Gasteiger partial charge in [0.25, 0.3) is 0 Å². The zero-order chi connectivity index (χ0) is 85.0. The van der Waals surface area contributed by atoms with Crippen LogP contribution in [0.4, 0.5) is 17.5 Å². The van der Waals surface area contributed by atoms with E-state index in [1.165, 1.54) is 42.5 Å². The maximum atomic E-state index is 11.7. The third kappa shape index (κ3) is 24.8. The number of aryl methyl sites for hydroxylation is 6. The Labute approximate surface area is 686 Å². The van der Waals surface area contributed by atoms with Crippen LogP contribution in [-0.4, -0.2) is 161 Å². The second-order valence-electron chi connectivity index (χ2n) is 28.4. The Balaban J connectivity index is 0.000000188. The van der Waals surface area contributed by atoms with Crippen molar-refractivity contribution < 1.29 is 86.8 Å². The topological polar surface area (TPSA) is 501 Å². The summed E-state index contributed by atoms with van der Waals surface area (Å²) in [5.74, 6) is 2.23. The summed E-state index contributed by atoms with van der Waals surface area (Å²) >= 11 is 0. The predicted molar refractivity (Wildman–Crippen MR) is 453 cm³/mol. The number of unbranched alkanes of at least 4 members (excludes halogenated alkanes) is 3. The molecule has 33 nitrogen and oxygen atoms in total. The minimum atomic E-state index is -4.93. The number of phosphoric acid groups is 2. The number of carbonyl (C=O) groups excluding carboxylic acids is 3. The number of nitrogen functional groups attached to an aromatic ring is 3. The number of nitrogens with two attached hydrogens (primary N) is 3. The van der Waals surface area contributed by atoms with Crippen LogP contribution in [0.3, 0.4) is 0 Å². The minimum Gasteiger partial charge on any atom is -0.508 e. The maximum absolute atomic E-state index is 11.7. The number of phosphoric ester groups is 2. The molecule has 12 aromatic rings. The molecular weight excluding hydrogens is 1570 g/mol. The van der Waals surface area contributed by atoms with E-state index in [-0.39, 0.29) is 53.4 Å². The fraction of sp³-hybridized carbons (Fsp3) is 0.393. The number of benzene rings is 6. The summed E-state index contributed by atoms with van der Waals surface area (Å²) in [5, 5.41) is 44.3. The van der Waals surface area contributed by atoms with Gasteiger partial charge < -0.3 is 74.6 Å². The number of rotatable bonds is 43. The number of ether oxygens (including phenoxy) is 3. The van der Waals surface area contributed by atoms with Crippen molar-refractivity contribution in [3.63, 3.8) is 0 Å². The Morgan fingerprint density at radius 1 is 0.403 bits per heavy atom. The second kappa shape index (κ2) is 43.8. The molecule has 0 spiro atoms. The van der Waals surface area contributed by atoms with E-state index in [1.54, 1.807) is 30.3 Å². The molecule has 0 bridgehead atoms. The van der Waals surface area contributed by atoms with Gasteiger partial charge in [-0.25, -0.2) is 68.4 Å². The molecule has 0 unspecified atom stereocenters. The highest BCUT2D eigenvalue weighted by molar-refractivity contribution is 7.47. The van der Waals surface area contributed by atoms with E-state index in [0.29, 0.717) is 154 Å². The highest BCUT2D eigenvalue weighted by Gasteiger charge is 2.27. The minimum absolute atomic E-state index is 0.0966. The lowest BCUT2D eigenvalue weighted by atomic mass is 10.1. The monoisotopic (exact) mass is 1670 g/mol. The molecule has 12 rings (SSSR count). The van der Waals surface area contributed by atoms with Crippen molar-refractivity contribution in [3.05, 3.63) is 160 Å². The molecule has 0 aliphatic carbocycles. The Morgan fingerprint density at radius 2 is 0.773 bits per heavy atom. The summed E-state index contributed by atoms with van der Waals surface area (Å²) in [4.78, 5) is 107. The zero-order valence-electron chi connectivity index (χ0n) is 66.8. The average molecular weight is 1670 g/mol. The van der Waals surface area contributed by atoms with Crippen molar-refractivity contribution in [1.82, 2.24) is 43.6 Å². The fourth-order valence-corrected chi connectivity index (χ4v) is 14.8. The lowest BCUT2D eigenvalue weighted by molar-refractivity contribution is 0.131. The Bertz CT molecular complexity index is 5750. The van der Waals surface area contributed by atoms with Crippen molar-refractivity contribution in [2.45, 2.75) is 156 Å². The number of fused-ring (bicyclic) bond motifs is 9. The highest BCUT2D eigenvalue weighted by atomic mass is 31.2. The summed E-state index contributed by atoms with van der Waals surface area (Å²) in [6.07, 6.45) is 19.1. The van der Waals surface area contributed by atoms with Crippen LogP contribution >= 0.6 is 15.6 Å². The number of aliphatic imine (C=N–C) groups is 3. The van der Waals surface area contributed by atoms with Gasteiger partial charge in [-0.15, -0.1) is 0 Å². The van der Waals surface area contributed by atoms with Gasteiger partial charge in [-0.05, 0) is 160 Å². The zero-order valence-corrected chi connectivity index (χ0v) is 68.5. The number of imidazole rings is 3. The third-order valence-corrected chi connectivity index (χ3v) is 20.4. The molecule has 6 heterocycles. The number of phenols is 4. The number of anilines is 3. The SMILES string of the molecule is CCCCc1nc2c(N)nc3ccc(CCCOCCCN=C=O)cc3c2n1Cc1cc(O)ccc1O.CCCCc1nc2c(N)nc3ccc(CCCOCCCN=C=O)cc3c2n1Cc1cccc(O)c1OP(=O)(O)O.CCCCc1nc2c(N)nc3ccc(CCCOCCCN=C=O)cc3c2n1Cc1cccc(OP(=O)(O)O)c1O. The number of para-hydroxylation sites is 2. The van der Waals surface area contributed by atoms with E-state index in [9.17, 15) is 63.5 Å². The van der Waals surface area contributed by atoms with Crippen LogP contribution in [-0.2, 0) is 95.9 Å². The van der Waals surface area contributed by atoms with Crippen molar-refractivity contribution in [2.24, 2.45) is 15.0 Å². The number of aromatic hydroxyl groups is 4. The first-order chi connectivity index (χ1) is 57.4. The summed E-state index contributed by atoms with van der Waals surface area (Å²) in [7, 11) is -9.80. The molecule has 0 saturated heterocycles. The Hall–Kier alpha value is -11.5. The molecule has 14 N–H and O–H groups in total. The largest absolute Gasteiger partial charge is 0.524 e. The lowest BCUT2D eigenvalue weighted by Gasteiger charge is -2.16. The summed E-state index contributed by atoms with van der Waals surface area (Å²) in [6, 6.07) is 31.8. The van der Waals surface area contributed by atoms with Crippen LogP contribution in [0, 0.1) is 0 Å². The van der Waals surface area contributed by atoms with Gasteiger partial charge in [0.1, 0.15) is 45.5 Å². The molecule has 630 valence electrons. The molecule has 0 amide bonds. The van der Waals surface area contributed by atoms with Gasteiger partial charge in [0.15, 0.2) is 40.5 Å². The van der Waals surface area contributed by atoms with E-state index in [4.69, 9.17) is 55.4 Å². The van der Waals surface area contributed by atoms with Gasteiger partial charge in [-0.2, -0.15) is 0 Å². The van der Waals surface area contributed by atoms with E-state index < -0.39 is 15.6 Å². The molecule has 0 atom stereocenters. The summed E-state index contributed by atoms with van der Waals surface area (Å²) < 4.78 is 55.6. The van der Waals surface area contributed by atoms with Crippen LogP contribution in [0.5, 0.6) is 34.5 Å². The predicted octanol–water partition coefficient (Wildman–Crippen LogP) is 13.5. The Kier molecular flexibility index (Phi) is 33.1. The van der Waals surface area contributed by atoms with Gasteiger partial charge in [0.05, 0.1) is 72.4 Å². The average Bonchev–Trinajstić information content (AvgIpc) is 1.63. The molecule has 0 radical (unpaired) electrons. The quantitative estimate of drug-likeness (QED) is 0.00556. The number of aromatic nitrogens is 9. The van der Waals surface area contributed by atoms with Gasteiger partial charge in [-0.3, -0.25) is 19.6 Å². The summed E-state index contributed by atoms with van der Waals surface area (Å²) in [6.45, 7) is 11.6. The van der Waals surface area contributed by atoms with Crippen LogP contribution in [0.15, 0.2) is 124 Å². The van der Waals surface area contributed by atoms with Crippen molar-refractivity contribution >= 4 is 117 Å². The normalized spacial score (nSPS) is 11.6.